The predicted octanol–water partition coefficient (Wildman–Crippen LogP) is 6.66. The van der Waals surface area contributed by atoms with E-state index in [0.29, 0.717) is 35.2 Å². The Hall–Kier alpha value is -2.65. The van der Waals surface area contributed by atoms with Crippen LogP contribution in [0.15, 0.2) is 46.8 Å². The van der Waals surface area contributed by atoms with Crippen LogP contribution in [0.1, 0.15) is 91.2 Å². The van der Waals surface area contributed by atoms with Crippen molar-refractivity contribution >= 4 is 11.8 Å². The highest BCUT2D eigenvalue weighted by Crippen LogP contribution is 2.45. The van der Waals surface area contributed by atoms with E-state index in [2.05, 4.69) is 5.32 Å². The lowest BCUT2D eigenvalue weighted by molar-refractivity contribution is -0.142. The minimum atomic E-state index is -4.52. The molecule has 0 aromatic heterocycles. The third kappa shape index (κ3) is 9.80. The zero-order chi connectivity index (χ0) is 29.8. The summed E-state index contributed by atoms with van der Waals surface area (Å²) in [6, 6.07) is 5.06. The molecule has 0 saturated heterocycles. The average Bonchev–Trinajstić information content (AvgIpc) is 3.03. The van der Waals surface area contributed by atoms with Gasteiger partial charge in [0.2, 0.25) is 0 Å². The number of alkyl halides is 3. The zero-order valence-electron chi connectivity index (χ0n) is 24.4. The first-order chi connectivity index (χ1) is 18.4. The summed E-state index contributed by atoms with van der Waals surface area (Å²) in [6.45, 7) is 14.5. The van der Waals surface area contributed by atoms with Crippen molar-refractivity contribution in [1.29, 1.82) is 0 Å². The minimum Gasteiger partial charge on any atom is -0.466 e. The summed E-state index contributed by atoms with van der Waals surface area (Å²) in [7, 11) is 0. The Labute approximate surface area is 231 Å². The third-order valence-electron chi connectivity index (χ3n) is 6.28. The maximum Gasteiger partial charge on any atom is 0.416 e. The number of rotatable bonds is 8. The highest BCUT2D eigenvalue weighted by Gasteiger charge is 2.39. The summed E-state index contributed by atoms with van der Waals surface area (Å²) in [6.07, 6.45) is -3.54. The van der Waals surface area contributed by atoms with Gasteiger partial charge < -0.3 is 20.5 Å². The van der Waals surface area contributed by atoms with Crippen molar-refractivity contribution in [3.8, 4) is 0 Å². The Morgan fingerprint density at radius 3 is 2.41 bits per heavy atom. The summed E-state index contributed by atoms with van der Waals surface area (Å²) >= 11 is 0. The molecule has 39 heavy (non-hydrogen) atoms. The van der Waals surface area contributed by atoms with Crippen LogP contribution in [0.3, 0.4) is 0 Å². The van der Waals surface area contributed by atoms with Gasteiger partial charge in [0.25, 0.3) is 0 Å². The van der Waals surface area contributed by atoms with Crippen molar-refractivity contribution in [2.24, 2.45) is 11.1 Å². The van der Waals surface area contributed by atoms with Crippen molar-refractivity contribution in [3.05, 3.63) is 57.9 Å². The summed E-state index contributed by atoms with van der Waals surface area (Å²) in [5.41, 5.74) is 7.29. The number of carbonyl (C=O) groups is 2. The summed E-state index contributed by atoms with van der Waals surface area (Å²) in [5, 5.41) is 3.35. The van der Waals surface area contributed by atoms with Gasteiger partial charge in [0.15, 0.2) is 5.78 Å². The van der Waals surface area contributed by atoms with Crippen molar-refractivity contribution in [3.63, 3.8) is 0 Å². The third-order valence-corrected chi connectivity index (χ3v) is 6.28. The number of esters is 1. The Morgan fingerprint density at radius 2 is 1.82 bits per heavy atom. The van der Waals surface area contributed by atoms with Crippen molar-refractivity contribution in [2.45, 2.75) is 86.2 Å². The minimum absolute atomic E-state index is 0.0414. The van der Waals surface area contributed by atoms with Gasteiger partial charge in [-0.3, -0.25) is 9.59 Å². The molecule has 9 heteroatoms. The maximum absolute atomic E-state index is 13.5. The molecule has 1 aromatic rings. The molecule has 2 aliphatic rings. The fourth-order valence-corrected chi connectivity index (χ4v) is 4.75. The lowest BCUT2D eigenvalue weighted by atomic mass is 9.73. The molecule has 0 radical (unpaired) electrons. The van der Waals surface area contributed by atoms with Crippen LogP contribution in [-0.2, 0) is 25.2 Å². The maximum atomic E-state index is 13.5. The van der Waals surface area contributed by atoms with E-state index in [1.807, 2.05) is 41.5 Å². The van der Waals surface area contributed by atoms with Gasteiger partial charge in [-0.15, -0.1) is 0 Å². The Balaban J connectivity index is 0.00000181. The molecule has 0 bridgehead atoms. The van der Waals surface area contributed by atoms with Gasteiger partial charge >= 0.3 is 12.1 Å². The van der Waals surface area contributed by atoms with Crippen LogP contribution < -0.4 is 11.1 Å². The molecule has 220 valence electrons. The molecule has 1 unspecified atom stereocenters. The van der Waals surface area contributed by atoms with Gasteiger partial charge in [0.05, 0.1) is 31.8 Å². The smallest absolute Gasteiger partial charge is 0.416 e. The number of Topliss-reactive ketones (excluding diaryl/α,β-unsaturated/α-hetero) is 1. The first kappa shape index (κ1) is 34.4. The highest BCUT2D eigenvalue weighted by molar-refractivity contribution is 5.98. The molecule has 0 fully saturated rings. The lowest BCUT2D eigenvalue weighted by Crippen LogP contribution is -2.31. The molecule has 3 rings (SSSR count). The number of carbonyl (C=O) groups excluding carboxylic acids is 2. The number of ketones is 1. The van der Waals surface area contributed by atoms with Gasteiger partial charge in [-0.1, -0.05) is 59.7 Å². The second-order valence-corrected chi connectivity index (χ2v) is 9.73. The number of allylic oxidation sites excluding steroid dienone is 2. The molecule has 0 spiro atoms. The number of hydrogen-bond donors (Lipinski definition) is 2. The van der Waals surface area contributed by atoms with Crippen molar-refractivity contribution in [2.75, 3.05) is 26.4 Å². The first-order valence-corrected chi connectivity index (χ1v) is 13.8. The van der Waals surface area contributed by atoms with Crippen LogP contribution in [0.4, 0.5) is 13.2 Å². The number of hydrogen-bond acceptors (Lipinski definition) is 6. The van der Waals surface area contributed by atoms with Gasteiger partial charge in [-0.2, -0.15) is 13.2 Å². The largest absolute Gasteiger partial charge is 0.466 e. The van der Waals surface area contributed by atoms with Crippen molar-refractivity contribution < 1.29 is 32.2 Å². The van der Waals surface area contributed by atoms with Crippen LogP contribution in [-0.4, -0.2) is 38.1 Å². The van der Waals surface area contributed by atoms with E-state index in [9.17, 15) is 22.8 Å². The molecule has 1 aliphatic carbocycles. The number of ether oxygens (including phenoxy) is 2. The predicted molar refractivity (Wildman–Crippen MR) is 148 cm³/mol. The number of nitrogens with two attached hydrogens (primary N) is 1. The van der Waals surface area contributed by atoms with E-state index in [1.54, 1.807) is 13.0 Å². The van der Waals surface area contributed by atoms with Gasteiger partial charge in [-0.25, -0.2) is 0 Å². The van der Waals surface area contributed by atoms with Gasteiger partial charge in [-0.05, 0) is 42.4 Å². The monoisotopic (exact) mass is 554 g/mol. The fraction of sp³-hybridized carbons (Fsp3) is 0.600. The van der Waals surface area contributed by atoms with Crippen LogP contribution in [0, 0.1) is 5.41 Å². The number of halogens is 3. The summed E-state index contributed by atoms with van der Waals surface area (Å²) in [5.74, 6) is -1.17. The topological polar surface area (TPSA) is 90.7 Å². The molecule has 1 aromatic carbocycles. The van der Waals surface area contributed by atoms with E-state index in [4.69, 9.17) is 15.2 Å². The zero-order valence-corrected chi connectivity index (χ0v) is 24.4. The van der Waals surface area contributed by atoms with Crippen LogP contribution in [0.25, 0.3) is 0 Å². The van der Waals surface area contributed by atoms with E-state index >= 15 is 0 Å². The number of nitrogens with one attached hydrogen (secondary N) is 1. The fourth-order valence-electron chi connectivity index (χ4n) is 4.75. The van der Waals surface area contributed by atoms with Gasteiger partial charge in [0.1, 0.15) is 0 Å². The molecular weight excluding hydrogens is 509 g/mol. The van der Waals surface area contributed by atoms with E-state index in [-0.39, 0.29) is 50.4 Å². The van der Waals surface area contributed by atoms with Crippen LogP contribution in [0.5, 0.6) is 0 Å². The van der Waals surface area contributed by atoms with E-state index in [1.165, 1.54) is 6.07 Å². The molecular formula is C30H45F3N2O4. The van der Waals surface area contributed by atoms with Gasteiger partial charge in [0, 0.05) is 35.9 Å². The second-order valence-electron chi connectivity index (χ2n) is 9.73. The normalized spacial score (nSPS) is 18.5. The second kappa shape index (κ2) is 15.8. The summed E-state index contributed by atoms with van der Waals surface area (Å²) in [4.78, 5) is 25.7. The Kier molecular flexibility index (Phi) is 13.9. The van der Waals surface area contributed by atoms with Crippen molar-refractivity contribution in [1.82, 2.24) is 5.32 Å². The SMILES string of the molecule is CC.CC.CCOC(=O)CC1=C(COCCN)NC2=C(CC1c1cccc(C(F)(F)F)c1)C(=O)CC(C)(C)C2. The molecule has 0 amide bonds. The van der Waals surface area contributed by atoms with Crippen LogP contribution in [0.2, 0.25) is 0 Å². The lowest BCUT2D eigenvalue weighted by Gasteiger charge is -2.32. The van der Waals surface area contributed by atoms with E-state index < -0.39 is 23.6 Å². The number of benzene rings is 1. The Morgan fingerprint density at radius 1 is 1.15 bits per heavy atom. The van der Waals surface area contributed by atoms with Crippen LogP contribution >= 0.6 is 0 Å². The Bertz CT molecular complexity index is 1030. The standard InChI is InChI=1S/C26H33F3N2O4.2C2H6/c1-4-35-24(33)12-19-18(16-6-5-7-17(10-16)26(27,28)29)11-20-21(13-25(2,3)14-23(20)32)31-22(19)15-34-9-8-30;2*1-2/h5-7,10,18,31H,4,8-9,11-15,30H2,1-3H3;2*1-2H3. The molecule has 1 aliphatic heterocycles. The van der Waals surface area contributed by atoms with E-state index in [0.717, 1.165) is 17.8 Å². The highest BCUT2D eigenvalue weighted by atomic mass is 19.4. The molecule has 1 atom stereocenters. The molecule has 0 saturated carbocycles. The first-order valence-electron chi connectivity index (χ1n) is 13.8. The quantitative estimate of drug-likeness (QED) is 0.276. The summed E-state index contributed by atoms with van der Waals surface area (Å²) < 4.78 is 51.4. The molecule has 1 heterocycles. The molecule has 6 nitrogen and oxygen atoms in total. The average molecular weight is 555 g/mol. The molecule has 3 N–H and O–H groups in total.